The van der Waals surface area contributed by atoms with E-state index in [1.807, 2.05) is 18.2 Å². The summed E-state index contributed by atoms with van der Waals surface area (Å²) >= 11 is 0. The summed E-state index contributed by atoms with van der Waals surface area (Å²) in [6.45, 7) is 3.86. The Morgan fingerprint density at radius 3 is 2.14 bits per heavy atom. The van der Waals surface area contributed by atoms with Crippen LogP contribution in [0.25, 0.3) is 0 Å². The second-order valence-electron chi connectivity index (χ2n) is 4.68. The van der Waals surface area contributed by atoms with E-state index in [4.69, 9.17) is 9.47 Å². The molecule has 2 aromatic rings. The molecule has 0 bridgehead atoms. The molecule has 0 saturated carbocycles. The largest absolute Gasteiger partial charge is 0.493 e. The number of hydrogen-bond acceptors (Lipinski definition) is 4. The van der Waals surface area contributed by atoms with E-state index in [-0.39, 0.29) is 11.6 Å². The lowest BCUT2D eigenvalue weighted by atomic mass is 9.91. The number of benzene rings is 2. The van der Waals surface area contributed by atoms with Crippen LogP contribution in [0.4, 0.5) is 5.69 Å². The summed E-state index contributed by atoms with van der Waals surface area (Å²) in [5, 5.41) is 10.7. The predicted molar refractivity (Wildman–Crippen MR) is 84.7 cm³/mol. The van der Waals surface area contributed by atoms with Gasteiger partial charge < -0.3 is 9.47 Å². The van der Waals surface area contributed by atoms with E-state index < -0.39 is 4.92 Å². The molecular formula is C17H17NO4. The molecule has 2 aromatic carbocycles. The maximum Gasteiger partial charge on any atom is 0.269 e. The van der Waals surface area contributed by atoms with Crippen LogP contribution in [-0.2, 0) is 0 Å². The minimum absolute atomic E-state index is 0.0684. The zero-order valence-corrected chi connectivity index (χ0v) is 12.5. The SMILES string of the molecule is C=CC(c1ccc([N+](=O)[O-])cc1)c1ccc(OC)c(OC)c1. The van der Waals surface area contributed by atoms with Crippen molar-refractivity contribution in [2.45, 2.75) is 5.92 Å². The summed E-state index contributed by atoms with van der Waals surface area (Å²) in [7, 11) is 3.16. The zero-order valence-electron chi connectivity index (χ0n) is 12.5. The number of ether oxygens (including phenoxy) is 2. The third-order valence-electron chi connectivity index (χ3n) is 3.47. The molecule has 1 unspecified atom stereocenters. The fraction of sp³-hybridized carbons (Fsp3) is 0.176. The van der Waals surface area contributed by atoms with Crippen LogP contribution in [-0.4, -0.2) is 19.1 Å². The van der Waals surface area contributed by atoms with Gasteiger partial charge in [-0.15, -0.1) is 6.58 Å². The molecule has 5 nitrogen and oxygen atoms in total. The van der Waals surface area contributed by atoms with Crippen LogP contribution in [0.5, 0.6) is 11.5 Å². The molecule has 0 spiro atoms. The molecule has 0 aliphatic carbocycles. The van der Waals surface area contributed by atoms with Crippen LogP contribution < -0.4 is 9.47 Å². The molecule has 0 aliphatic rings. The Balaban J connectivity index is 2.39. The van der Waals surface area contributed by atoms with Gasteiger partial charge >= 0.3 is 0 Å². The number of hydrogen-bond donors (Lipinski definition) is 0. The van der Waals surface area contributed by atoms with Crippen molar-refractivity contribution in [3.63, 3.8) is 0 Å². The zero-order chi connectivity index (χ0) is 16.1. The van der Waals surface area contributed by atoms with Gasteiger partial charge in [-0.1, -0.05) is 24.3 Å². The quantitative estimate of drug-likeness (QED) is 0.460. The molecular weight excluding hydrogens is 282 g/mol. The number of nitrogens with zero attached hydrogens (tertiary/aromatic N) is 1. The lowest BCUT2D eigenvalue weighted by molar-refractivity contribution is -0.384. The molecule has 0 amide bonds. The van der Waals surface area contributed by atoms with Gasteiger partial charge in [-0.05, 0) is 23.3 Å². The maximum absolute atomic E-state index is 10.7. The summed E-state index contributed by atoms with van der Waals surface area (Å²) in [4.78, 5) is 10.3. The smallest absolute Gasteiger partial charge is 0.269 e. The first-order valence-electron chi connectivity index (χ1n) is 6.69. The minimum atomic E-state index is -0.414. The molecule has 1 atom stereocenters. The fourth-order valence-electron chi connectivity index (χ4n) is 2.31. The number of allylic oxidation sites excluding steroid dienone is 1. The minimum Gasteiger partial charge on any atom is -0.493 e. The standard InChI is InChI=1S/C17H17NO4/c1-4-15(12-5-8-14(9-6-12)18(19)20)13-7-10-16(21-2)17(11-13)22-3/h4-11,15H,1H2,2-3H3. The van der Waals surface area contributed by atoms with Crippen molar-refractivity contribution in [1.82, 2.24) is 0 Å². The Bertz CT molecular complexity index is 680. The van der Waals surface area contributed by atoms with Gasteiger partial charge in [-0.25, -0.2) is 0 Å². The number of nitro benzene ring substituents is 1. The van der Waals surface area contributed by atoms with Crippen LogP contribution in [0.3, 0.4) is 0 Å². The molecule has 0 aliphatic heterocycles. The summed E-state index contributed by atoms with van der Waals surface area (Å²) in [6, 6.07) is 12.1. The lowest BCUT2D eigenvalue weighted by Crippen LogP contribution is -2.00. The lowest BCUT2D eigenvalue weighted by Gasteiger charge is -2.16. The third kappa shape index (κ3) is 3.09. The summed E-state index contributed by atoms with van der Waals surface area (Å²) in [6.07, 6.45) is 1.79. The highest BCUT2D eigenvalue weighted by atomic mass is 16.6. The van der Waals surface area contributed by atoms with E-state index in [0.717, 1.165) is 11.1 Å². The molecule has 0 fully saturated rings. The molecule has 5 heteroatoms. The molecule has 0 heterocycles. The van der Waals surface area contributed by atoms with Crippen LogP contribution in [0.1, 0.15) is 17.0 Å². The number of nitro groups is 1. The Morgan fingerprint density at radius 2 is 1.64 bits per heavy atom. The highest BCUT2D eigenvalue weighted by Gasteiger charge is 2.15. The number of methoxy groups -OCH3 is 2. The summed E-state index contributed by atoms with van der Waals surface area (Å²) in [5.41, 5.74) is 1.97. The number of rotatable bonds is 6. The van der Waals surface area contributed by atoms with E-state index in [0.29, 0.717) is 11.5 Å². The molecule has 114 valence electrons. The van der Waals surface area contributed by atoms with Crippen molar-refractivity contribution in [3.05, 3.63) is 76.4 Å². The van der Waals surface area contributed by atoms with Crippen molar-refractivity contribution in [2.24, 2.45) is 0 Å². The van der Waals surface area contributed by atoms with Gasteiger partial charge in [0, 0.05) is 18.1 Å². The van der Waals surface area contributed by atoms with Gasteiger partial charge in [0.05, 0.1) is 19.1 Å². The van der Waals surface area contributed by atoms with Crippen molar-refractivity contribution in [1.29, 1.82) is 0 Å². The molecule has 0 aromatic heterocycles. The van der Waals surface area contributed by atoms with Gasteiger partial charge in [0.25, 0.3) is 5.69 Å². The van der Waals surface area contributed by atoms with E-state index in [9.17, 15) is 10.1 Å². The van der Waals surface area contributed by atoms with Crippen LogP contribution >= 0.6 is 0 Å². The van der Waals surface area contributed by atoms with E-state index in [1.165, 1.54) is 12.1 Å². The highest BCUT2D eigenvalue weighted by molar-refractivity contribution is 5.48. The monoisotopic (exact) mass is 299 g/mol. The molecule has 0 saturated heterocycles. The van der Waals surface area contributed by atoms with Gasteiger partial charge in [-0.3, -0.25) is 10.1 Å². The van der Waals surface area contributed by atoms with Crippen molar-refractivity contribution in [2.75, 3.05) is 14.2 Å². The number of non-ortho nitro benzene ring substituents is 1. The fourth-order valence-corrected chi connectivity index (χ4v) is 2.31. The molecule has 22 heavy (non-hydrogen) atoms. The topological polar surface area (TPSA) is 61.6 Å². The summed E-state index contributed by atoms with van der Waals surface area (Å²) < 4.78 is 10.5. The molecule has 0 radical (unpaired) electrons. The Hall–Kier alpha value is -2.82. The average Bonchev–Trinajstić information content (AvgIpc) is 2.55. The third-order valence-corrected chi connectivity index (χ3v) is 3.47. The van der Waals surface area contributed by atoms with Gasteiger partial charge in [0.2, 0.25) is 0 Å². The predicted octanol–water partition coefficient (Wildman–Crippen LogP) is 3.93. The first kappa shape index (κ1) is 15.6. The van der Waals surface area contributed by atoms with Gasteiger partial charge in [0.1, 0.15) is 0 Å². The van der Waals surface area contributed by atoms with Crippen molar-refractivity contribution in [3.8, 4) is 11.5 Å². The molecule has 2 rings (SSSR count). The average molecular weight is 299 g/mol. The normalized spacial score (nSPS) is 11.5. The Labute approximate surface area is 129 Å². The van der Waals surface area contributed by atoms with Crippen LogP contribution in [0, 0.1) is 10.1 Å². The van der Waals surface area contributed by atoms with E-state index in [2.05, 4.69) is 6.58 Å². The van der Waals surface area contributed by atoms with Crippen molar-refractivity contribution < 1.29 is 14.4 Å². The second kappa shape index (κ2) is 6.76. The second-order valence-corrected chi connectivity index (χ2v) is 4.68. The van der Waals surface area contributed by atoms with Crippen LogP contribution in [0.15, 0.2) is 55.1 Å². The highest BCUT2D eigenvalue weighted by Crippen LogP contribution is 2.34. The first-order chi connectivity index (χ1) is 10.6. The first-order valence-corrected chi connectivity index (χ1v) is 6.69. The van der Waals surface area contributed by atoms with Gasteiger partial charge in [0.15, 0.2) is 11.5 Å². The van der Waals surface area contributed by atoms with Gasteiger partial charge in [-0.2, -0.15) is 0 Å². The maximum atomic E-state index is 10.7. The summed E-state index contributed by atoms with van der Waals surface area (Å²) in [5.74, 6) is 1.20. The Kier molecular flexibility index (Phi) is 4.78. The van der Waals surface area contributed by atoms with Crippen molar-refractivity contribution >= 4 is 5.69 Å². The van der Waals surface area contributed by atoms with Crippen LogP contribution in [0.2, 0.25) is 0 Å². The van der Waals surface area contributed by atoms with E-state index >= 15 is 0 Å². The Morgan fingerprint density at radius 1 is 1.05 bits per heavy atom. The van der Waals surface area contributed by atoms with E-state index in [1.54, 1.807) is 32.4 Å². The molecule has 0 N–H and O–H groups in total.